The number of nitrogens with one attached hydrogen (secondary N) is 2. The quantitative estimate of drug-likeness (QED) is 0.846. The Morgan fingerprint density at radius 1 is 1.43 bits per heavy atom. The van der Waals surface area contributed by atoms with Gasteiger partial charge >= 0.3 is 6.03 Å². The lowest BCUT2D eigenvalue weighted by molar-refractivity contribution is 0.152. The second-order valence-corrected chi connectivity index (χ2v) is 6.49. The molecule has 2 amide bonds. The minimum Gasteiger partial charge on any atom is -0.385 e. The molecule has 0 radical (unpaired) electrons. The summed E-state index contributed by atoms with van der Waals surface area (Å²) >= 11 is 0. The topological polar surface area (TPSA) is 68.2 Å². The van der Waals surface area contributed by atoms with E-state index in [0.29, 0.717) is 6.61 Å². The Kier molecular flexibility index (Phi) is 6.20. The molecule has 0 aromatic carbocycles. The first-order valence-corrected chi connectivity index (χ1v) is 7.28. The number of aromatic nitrogens is 2. The first-order valence-electron chi connectivity index (χ1n) is 7.28. The molecule has 2 atom stereocenters. The van der Waals surface area contributed by atoms with Gasteiger partial charge in [-0.15, -0.1) is 0 Å². The minimum absolute atomic E-state index is 0.0204. The van der Waals surface area contributed by atoms with E-state index in [1.165, 1.54) is 0 Å². The summed E-state index contributed by atoms with van der Waals surface area (Å²) < 4.78 is 6.84. The second kappa shape index (κ2) is 7.45. The van der Waals surface area contributed by atoms with Gasteiger partial charge in [0.1, 0.15) is 0 Å². The van der Waals surface area contributed by atoms with E-state index in [-0.39, 0.29) is 23.5 Å². The van der Waals surface area contributed by atoms with Crippen molar-refractivity contribution >= 4 is 6.03 Å². The van der Waals surface area contributed by atoms with Crippen LogP contribution in [0.5, 0.6) is 0 Å². The average Bonchev–Trinajstić information content (AvgIpc) is 2.79. The first kappa shape index (κ1) is 17.5. The van der Waals surface area contributed by atoms with Crippen LogP contribution in [0.15, 0.2) is 12.4 Å². The van der Waals surface area contributed by atoms with Crippen molar-refractivity contribution in [1.29, 1.82) is 0 Å². The van der Waals surface area contributed by atoms with Crippen molar-refractivity contribution in [1.82, 2.24) is 20.4 Å². The van der Waals surface area contributed by atoms with Crippen LogP contribution in [-0.4, -0.2) is 35.6 Å². The van der Waals surface area contributed by atoms with Crippen molar-refractivity contribution in [3.8, 4) is 0 Å². The zero-order valence-corrected chi connectivity index (χ0v) is 13.9. The fourth-order valence-electron chi connectivity index (χ4n) is 2.10. The largest absolute Gasteiger partial charge is 0.385 e. The standard InChI is InChI=1S/C15H28N4O2/c1-11(12-9-16-19(5)10-12)17-14(20)18-13(7-8-21-6)15(2,3)4/h9-11,13H,7-8H2,1-6H3,(H2,17,18,20)/t11-,13-/m0/s1. The lowest BCUT2D eigenvalue weighted by Crippen LogP contribution is -2.48. The molecule has 0 spiro atoms. The van der Waals surface area contributed by atoms with E-state index >= 15 is 0 Å². The SMILES string of the molecule is COCC[C@H](NC(=O)N[C@@H](C)c1cnn(C)c1)C(C)(C)C. The Labute approximate surface area is 127 Å². The highest BCUT2D eigenvalue weighted by Gasteiger charge is 2.26. The molecule has 6 heteroatoms. The van der Waals surface area contributed by atoms with Crippen LogP contribution in [0.25, 0.3) is 0 Å². The van der Waals surface area contributed by atoms with Crippen molar-refractivity contribution in [2.24, 2.45) is 12.5 Å². The normalized spacial score (nSPS) is 14.6. The highest BCUT2D eigenvalue weighted by Crippen LogP contribution is 2.22. The molecule has 2 N–H and O–H groups in total. The van der Waals surface area contributed by atoms with Crippen LogP contribution in [-0.2, 0) is 11.8 Å². The summed E-state index contributed by atoms with van der Waals surface area (Å²) in [5.74, 6) is 0. The smallest absolute Gasteiger partial charge is 0.315 e. The number of urea groups is 1. The van der Waals surface area contributed by atoms with E-state index in [1.807, 2.05) is 20.2 Å². The molecule has 0 bridgehead atoms. The first-order chi connectivity index (χ1) is 9.74. The fraction of sp³-hybridized carbons (Fsp3) is 0.733. The Bertz CT molecular complexity index is 451. The van der Waals surface area contributed by atoms with Crippen molar-refractivity contribution in [2.45, 2.75) is 46.2 Å². The van der Waals surface area contributed by atoms with Crippen LogP contribution >= 0.6 is 0 Å². The molecule has 0 aliphatic rings. The molecular weight excluding hydrogens is 268 g/mol. The van der Waals surface area contributed by atoms with Gasteiger partial charge in [0.15, 0.2) is 0 Å². The summed E-state index contributed by atoms with van der Waals surface area (Å²) in [4.78, 5) is 12.2. The number of carbonyl (C=O) groups excluding carboxylic acids is 1. The number of ether oxygens (including phenoxy) is 1. The van der Waals surface area contributed by atoms with Crippen LogP contribution in [0.2, 0.25) is 0 Å². The van der Waals surface area contributed by atoms with E-state index in [1.54, 1.807) is 18.0 Å². The van der Waals surface area contributed by atoms with E-state index in [9.17, 15) is 4.79 Å². The molecule has 0 unspecified atom stereocenters. The number of hydrogen-bond donors (Lipinski definition) is 2. The lowest BCUT2D eigenvalue weighted by atomic mass is 9.85. The number of hydrogen-bond acceptors (Lipinski definition) is 3. The lowest BCUT2D eigenvalue weighted by Gasteiger charge is -2.31. The molecule has 21 heavy (non-hydrogen) atoms. The summed E-state index contributed by atoms with van der Waals surface area (Å²) in [5.41, 5.74) is 0.963. The molecule has 0 saturated heterocycles. The van der Waals surface area contributed by atoms with E-state index < -0.39 is 0 Å². The Morgan fingerprint density at radius 3 is 2.57 bits per heavy atom. The average molecular weight is 296 g/mol. The third-order valence-corrected chi connectivity index (χ3v) is 3.53. The number of nitrogens with zero attached hydrogens (tertiary/aromatic N) is 2. The number of aryl methyl sites for hydroxylation is 1. The van der Waals surface area contributed by atoms with Crippen LogP contribution in [0, 0.1) is 5.41 Å². The molecule has 1 rings (SSSR count). The van der Waals surface area contributed by atoms with Crippen LogP contribution < -0.4 is 10.6 Å². The molecule has 0 aliphatic carbocycles. The number of methoxy groups -OCH3 is 1. The number of carbonyl (C=O) groups is 1. The van der Waals surface area contributed by atoms with E-state index in [2.05, 4.69) is 36.5 Å². The third kappa shape index (κ3) is 5.75. The zero-order chi connectivity index (χ0) is 16.0. The predicted octanol–water partition coefficient (Wildman–Crippen LogP) is 2.23. The van der Waals surface area contributed by atoms with Crippen molar-refractivity contribution in [3.05, 3.63) is 18.0 Å². The van der Waals surface area contributed by atoms with Crippen LogP contribution in [0.1, 0.15) is 45.7 Å². The predicted molar refractivity (Wildman–Crippen MR) is 83.0 cm³/mol. The summed E-state index contributed by atoms with van der Waals surface area (Å²) in [6.45, 7) is 8.90. The van der Waals surface area contributed by atoms with Gasteiger partial charge in [-0.3, -0.25) is 4.68 Å². The van der Waals surface area contributed by atoms with Gasteiger partial charge < -0.3 is 15.4 Å². The monoisotopic (exact) mass is 296 g/mol. The van der Waals surface area contributed by atoms with Gasteiger partial charge in [-0.05, 0) is 18.8 Å². The third-order valence-electron chi connectivity index (χ3n) is 3.53. The minimum atomic E-state index is -0.164. The van der Waals surface area contributed by atoms with Gasteiger partial charge in [0.05, 0.1) is 12.2 Å². The molecular formula is C15H28N4O2. The van der Waals surface area contributed by atoms with Crippen molar-refractivity contribution in [2.75, 3.05) is 13.7 Å². The molecule has 0 fully saturated rings. The second-order valence-electron chi connectivity index (χ2n) is 6.49. The molecule has 0 saturated carbocycles. The summed E-state index contributed by atoms with van der Waals surface area (Å²) in [6.07, 6.45) is 4.45. The van der Waals surface area contributed by atoms with Crippen LogP contribution in [0.4, 0.5) is 4.79 Å². The van der Waals surface area contributed by atoms with Gasteiger partial charge in [-0.25, -0.2) is 4.79 Å². The van der Waals surface area contributed by atoms with Crippen molar-refractivity contribution < 1.29 is 9.53 Å². The zero-order valence-electron chi connectivity index (χ0n) is 13.9. The van der Waals surface area contributed by atoms with Gasteiger partial charge in [-0.2, -0.15) is 5.10 Å². The summed E-state index contributed by atoms with van der Waals surface area (Å²) in [6, 6.07) is -0.192. The molecule has 120 valence electrons. The molecule has 0 aliphatic heterocycles. The maximum Gasteiger partial charge on any atom is 0.315 e. The van der Waals surface area contributed by atoms with E-state index in [4.69, 9.17) is 4.74 Å². The summed E-state index contributed by atoms with van der Waals surface area (Å²) in [7, 11) is 3.53. The van der Waals surface area contributed by atoms with Gasteiger partial charge in [0, 0.05) is 38.6 Å². The van der Waals surface area contributed by atoms with Crippen molar-refractivity contribution in [3.63, 3.8) is 0 Å². The Morgan fingerprint density at radius 2 is 2.10 bits per heavy atom. The fourth-order valence-corrected chi connectivity index (χ4v) is 2.10. The van der Waals surface area contributed by atoms with Crippen LogP contribution in [0.3, 0.4) is 0 Å². The van der Waals surface area contributed by atoms with Gasteiger partial charge in [-0.1, -0.05) is 20.8 Å². The molecule has 1 heterocycles. The molecule has 6 nitrogen and oxygen atoms in total. The number of rotatable bonds is 6. The highest BCUT2D eigenvalue weighted by atomic mass is 16.5. The highest BCUT2D eigenvalue weighted by molar-refractivity contribution is 5.74. The molecule has 1 aromatic heterocycles. The Hall–Kier alpha value is -1.56. The maximum absolute atomic E-state index is 12.2. The maximum atomic E-state index is 12.2. The van der Waals surface area contributed by atoms with E-state index in [0.717, 1.165) is 12.0 Å². The number of amides is 2. The Balaban J connectivity index is 2.57. The molecule has 1 aromatic rings. The van der Waals surface area contributed by atoms with Gasteiger partial charge in [0.2, 0.25) is 0 Å². The summed E-state index contributed by atoms with van der Waals surface area (Å²) in [5, 5.41) is 10.1. The van der Waals surface area contributed by atoms with Gasteiger partial charge in [0.25, 0.3) is 0 Å².